The van der Waals surface area contributed by atoms with Gasteiger partial charge in [-0.05, 0) is 30.6 Å². The standard InChI is InChI=1S/C12H25N/c1-12(2,3)9-10-7-5-4-6-8-11(10)13/h10-11H,4-9,13H2,1-3H3. The summed E-state index contributed by atoms with van der Waals surface area (Å²) in [6, 6.07) is 0.474. The summed E-state index contributed by atoms with van der Waals surface area (Å²) in [5.74, 6) is 0.780. The third-order valence-corrected chi connectivity index (χ3v) is 3.09. The first-order valence-corrected chi connectivity index (χ1v) is 5.74. The summed E-state index contributed by atoms with van der Waals surface area (Å²) in [5, 5.41) is 0. The molecule has 13 heavy (non-hydrogen) atoms. The normalized spacial score (nSPS) is 31.4. The van der Waals surface area contributed by atoms with Crippen LogP contribution in [0, 0.1) is 11.3 Å². The lowest BCUT2D eigenvalue weighted by atomic mass is 9.79. The zero-order valence-corrected chi connectivity index (χ0v) is 9.47. The molecule has 2 N–H and O–H groups in total. The van der Waals surface area contributed by atoms with E-state index in [2.05, 4.69) is 20.8 Å². The maximum Gasteiger partial charge on any atom is 0.00673 e. The van der Waals surface area contributed by atoms with Gasteiger partial charge in [-0.1, -0.05) is 40.0 Å². The van der Waals surface area contributed by atoms with Gasteiger partial charge in [0, 0.05) is 6.04 Å². The van der Waals surface area contributed by atoms with Gasteiger partial charge in [0.15, 0.2) is 0 Å². The van der Waals surface area contributed by atoms with E-state index in [0.29, 0.717) is 11.5 Å². The first-order chi connectivity index (χ1) is 5.99. The maximum atomic E-state index is 6.19. The molecule has 78 valence electrons. The van der Waals surface area contributed by atoms with E-state index in [1.807, 2.05) is 0 Å². The van der Waals surface area contributed by atoms with Gasteiger partial charge in [-0.15, -0.1) is 0 Å². The Kier molecular flexibility index (Phi) is 3.78. The van der Waals surface area contributed by atoms with E-state index in [1.165, 1.54) is 38.5 Å². The number of nitrogens with two attached hydrogens (primary N) is 1. The Morgan fingerprint density at radius 3 is 2.31 bits per heavy atom. The molecule has 0 aliphatic heterocycles. The van der Waals surface area contributed by atoms with Crippen molar-refractivity contribution in [1.82, 2.24) is 0 Å². The van der Waals surface area contributed by atoms with E-state index >= 15 is 0 Å². The molecule has 2 unspecified atom stereocenters. The van der Waals surface area contributed by atoms with Gasteiger partial charge in [-0.25, -0.2) is 0 Å². The van der Waals surface area contributed by atoms with E-state index in [4.69, 9.17) is 5.73 Å². The molecule has 1 aliphatic carbocycles. The molecule has 1 nitrogen and oxygen atoms in total. The highest BCUT2D eigenvalue weighted by molar-refractivity contribution is 4.80. The second-order valence-electron chi connectivity index (χ2n) is 5.83. The second kappa shape index (κ2) is 4.45. The molecule has 1 rings (SSSR count). The van der Waals surface area contributed by atoms with Crippen LogP contribution in [0.15, 0.2) is 0 Å². The van der Waals surface area contributed by atoms with Gasteiger partial charge in [-0.2, -0.15) is 0 Å². The summed E-state index contributed by atoms with van der Waals surface area (Å²) in [5.41, 5.74) is 6.64. The molecular weight excluding hydrogens is 158 g/mol. The molecule has 1 aliphatic rings. The third-order valence-electron chi connectivity index (χ3n) is 3.09. The van der Waals surface area contributed by atoms with Crippen molar-refractivity contribution >= 4 is 0 Å². The number of hydrogen-bond donors (Lipinski definition) is 1. The lowest BCUT2D eigenvalue weighted by molar-refractivity contribution is 0.251. The largest absolute Gasteiger partial charge is 0.327 e. The van der Waals surface area contributed by atoms with Crippen LogP contribution in [0.1, 0.15) is 59.3 Å². The molecule has 0 aromatic rings. The van der Waals surface area contributed by atoms with Crippen LogP contribution in [0.3, 0.4) is 0 Å². The highest BCUT2D eigenvalue weighted by Crippen LogP contribution is 2.32. The molecule has 0 saturated heterocycles. The van der Waals surface area contributed by atoms with Crippen molar-refractivity contribution in [3.63, 3.8) is 0 Å². The predicted molar refractivity (Wildman–Crippen MR) is 58.6 cm³/mol. The van der Waals surface area contributed by atoms with E-state index in [-0.39, 0.29) is 0 Å². The van der Waals surface area contributed by atoms with Gasteiger partial charge in [0.1, 0.15) is 0 Å². The third kappa shape index (κ3) is 4.12. The molecule has 1 heteroatoms. The van der Waals surface area contributed by atoms with Gasteiger partial charge in [-0.3, -0.25) is 0 Å². The lowest BCUT2D eigenvalue weighted by Crippen LogP contribution is -2.31. The molecule has 2 atom stereocenters. The molecule has 0 amide bonds. The topological polar surface area (TPSA) is 26.0 Å². The Balaban J connectivity index is 2.45. The Morgan fingerprint density at radius 1 is 1.08 bits per heavy atom. The molecule has 0 aromatic carbocycles. The quantitative estimate of drug-likeness (QED) is 0.620. The highest BCUT2D eigenvalue weighted by atomic mass is 14.7. The van der Waals surface area contributed by atoms with Crippen molar-refractivity contribution in [3.8, 4) is 0 Å². The van der Waals surface area contributed by atoms with Crippen LogP contribution < -0.4 is 5.73 Å². The minimum absolute atomic E-state index is 0.451. The molecular formula is C12H25N. The monoisotopic (exact) mass is 183 g/mol. The summed E-state index contributed by atoms with van der Waals surface area (Å²) < 4.78 is 0. The first kappa shape index (κ1) is 11.0. The zero-order chi connectivity index (χ0) is 9.90. The average molecular weight is 183 g/mol. The molecule has 0 bridgehead atoms. The van der Waals surface area contributed by atoms with Crippen molar-refractivity contribution < 1.29 is 0 Å². The zero-order valence-electron chi connectivity index (χ0n) is 9.47. The smallest absolute Gasteiger partial charge is 0.00673 e. The van der Waals surface area contributed by atoms with Crippen LogP contribution in [0.4, 0.5) is 0 Å². The van der Waals surface area contributed by atoms with Gasteiger partial charge in [0.2, 0.25) is 0 Å². The summed E-state index contributed by atoms with van der Waals surface area (Å²) in [4.78, 5) is 0. The maximum absolute atomic E-state index is 6.19. The first-order valence-electron chi connectivity index (χ1n) is 5.74. The van der Waals surface area contributed by atoms with Crippen molar-refractivity contribution in [2.75, 3.05) is 0 Å². The van der Waals surface area contributed by atoms with Crippen molar-refractivity contribution in [1.29, 1.82) is 0 Å². The van der Waals surface area contributed by atoms with Crippen LogP contribution in [0.5, 0.6) is 0 Å². The van der Waals surface area contributed by atoms with Crippen LogP contribution in [-0.4, -0.2) is 6.04 Å². The van der Waals surface area contributed by atoms with Crippen molar-refractivity contribution in [2.24, 2.45) is 17.1 Å². The summed E-state index contributed by atoms with van der Waals surface area (Å²) in [6.45, 7) is 6.97. The molecule has 0 radical (unpaired) electrons. The van der Waals surface area contributed by atoms with Gasteiger partial charge in [0.25, 0.3) is 0 Å². The van der Waals surface area contributed by atoms with Crippen molar-refractivity contribution in [2.45, 2.75) is 65.3 Å². The van der Waals surface area contributed by atoms with Crippen molar-refractivity contribution in [3.05, 3.63) is 0 Å². The SMILES string of the molecule is CC(C)(C)CC1CCCCCC1N. The van der Waals surface area contributed by atoms with E-state index in [9.17, 15) is 0 Å². The van der Waals surface area contributed by atoms with Crippen LogP contribution in [-0.2, 0) is 0 Å². The average Bonchev–Trinajstić information content (AvgIpc) is 2.14. The minimum Gasteiger partial charge on any atom is -0.327 e. The van der Waals surface area contributed by atoms with E-state index < -0.39 is 0 Å². The fraction of sp³-hybridized carbons (Fsp3) is 1.00. The Bertz CT molecular complexity index is 146. The summed E-state index contributed by atoms with van der Waals surface area (Å²) in [6.07, 6.45) is 8.05. The Labute approximate surface area is 83.1 Å². The van der Waals surface area contributed by atoms with Gasteiger partial charge < -0.3 is 5.73 Å². The summed E-state index contributed by atoms with van der Waals surface area (Å²) in [7, 11) is 0. The summed E-state index contributed by atoms with van der Waals surface area (Å²) >= 11 is 0. The minimum atomic E-state index is 0.451. The fourth-order valence-corrected chi connectivity index (χ4v) is 2.45. The van der Waals surface area contributed by atoms with E-state index in [0.717, 1.165) is 5.92 Å². The predicted octanol–water partition coefficient (Wildman–Crippen LogP) is 3.33. The molecule has 0 aromatic heterocycles. The molecule has 0 spiro atoms. The number of hydrogen-bond acceptors (Lipinski definition) is 1. The fourth-order valence-electron chi connectivity index (χ4n) is 2.45. The van der Waals surface area contributed by atoms with E-state index in [1.54, 1.807) is 0 Å². The highest BCUT2D eigenvalue weighted by Gasteiger charge is 2.25. The molecule has 0 heterocycles. The Morgan fingerprint density at radius 2 is 1.69 bits per heavy atom. The van der Waals surface area contributed by atoms with Crippen LogP contribution >= 0.6 is 0 Å². The molecule has 1 saturated carbocycles. The van der Waals surface area contributed by atoms with Crippen LogP contribution in [0.2, 0.25) is 0 Å². The molecule has 1 fully saturated rings. The lowest BCUT2D eigenvalue weighted by Gasteiger charge is -2.28. The van der Waals surface area contributed by atoms with Crippen LogP contribution in [0.25, 0.3) is 0 Å². The van der Waals surface area contributed by atoms with Gasteiger partial charge in [0.05, 0.1) is 0 Å². The van der Waals surface area contributed by atoms with Gasteiger partial charge >= 0.3 is 0 Å². The Hall–Kier alpha value is -0.0400. The second-order valence-corrected chi connectivity index (χ2v) is 5.83. The number of rotatable bonds is 1.